The number of hydrogen-bond donors (Lipinski definition) is 2. The maximum atomic E-state index is 12.0. The van der Waals surface area contributed by atoms with Gasteiger partial charge in [0.2, 0.25) is 0 Å². The van der Waals surface area contributed by atoms with E-state index in [9.17, 15) is 13.2 Å². The first-order valence-corrected chi connectivity index (χ1v) is 7.72. The number of Topliss-reactive ketones (excluding diaryl/α,β-unsaturated/α-hetero) is 1. The highest BCUT2D eigenvalue weighted by Gasteiger charge is 2.32. The molecule has 1 aliphatic rings. The monoisotopic (exact) mass is 293 g/mol. The van der Waals surface area contributed by atoms with Crippen molar-refractivity contribution >= 4 is 21.7 Å². The summed E-state index contributed by atoms with van der Waals surface area (Å²) in [5.74, 6) is -0.787. The van der Waals surface area contributed by atoms with Crippen LogP contribution in [0.2, 0.25) is 0 Å². The number of nitrogens with two attached hydrogens (primary N) is 1. The quantitative estimate of drug-likeness (QED) is 0.867. The van der Waals surface area contributed by atoms with E-state index in [2.05, 4.69) is 10.8 Å². The molecule has 7 heteroatoms. The van der Waals surface area contributed by atoms with E-state index >= 15 is 0 Å². The standard InChI is InChI=1S/C13H15N3O3S/c1-8(7-14)13-11-4-3-10(16-20(15,18)19)6-9(11)2-5-12(13)17/h3-4,6,8,13,16H,2,5H2,1H3,(H2,15,18,19)/t8-,13-/m1/s1. The molecule has 0 fully saturated rings. The summed E-state index contributed by atoms with van der Waals surface area (Å²) in [5.41, 5.74) is 2.05. The van der Waals surface area contributed by atoms with Crippen molar-refractivity contribution in [3.05, 3.63) is 29.3 Å². The molecule has 2 rings (SSSR count). The number of benzene rings is 1. The van der Waals surface area contributed by atoms with Crippen molar-refractivity contribution in [2.45, 2.75) is 25.7 Å². The lowest BCUT2D eigenvalue weighted by atomic mass is 9.76. The molecule has 0 heterocycles. The van der Waals surface area contributed by atoms with E-state index < -0.39 is 22.0 Å². The fourth-order valence-corrected chi connectivity index (χ4v) is 3.02. The molecule has 0 amide bonds. The summed E-state index contributed by atoms with van der Waals surface area (Å²) in [5, 5.41) is 14.0. The minimum absolute atomic E-state index is 0.0544. The number of fused-ring (bicyclic) bond motifs is 1. The number of nitriles is 1. The van der Waals surface area contributed by atoms with Gasteiger partial charge < -0.3 is 0 Å². The van der Waals surface area contributed by atoms with Crippen LogP contribution in [0.5, 0.6) is 0 Å². The lowest BCUT2D eigenvalue weighted by Crippen LogP contribution is -2.26. The van der Waals surface area contributed by atoms with Crippen molar-refractivity contribution in [3.63, 3.8) is 0 Å². The molecule has 0 aliphatic heterocycles. The van der Waals surface area contributed by atoms with Gasteiger partial charge in [-0.2, -0.15) is 13.7 Å². The number of carbonyl (C=O) groups excluding carboxylic acids is 1. The van der Waals surface area contributed by atoms with E-state index in [1.165, 1.54) is 0 Å². The van der Waals surface area contributed by atoms with E-state index in [1.54, 1.807) is 25.1 Å². The largest absolute Gasteiger partial charge is 0.299 e. The van der Waals surface area contributed by atoms with Crippen LogP contribution in [0.1, 0.15) is 30.4 Å². The molecule has 3 N–H and O–H groups in total. The Labute approximate surface area is 117 Å². The van der Waals surface area contributed by atoms with Gasteiger partial charge in [-0.3, -0.25) is 9.52 Å². The van der Waals surface area contributed by atoms with Crippen molar-refractivity contribution in [3.8, 4) is 6.07 Å². The molecule has 6 nitrogen and oxygen atoms in total. The molecule has 0 bridgehead atoms. The van der Waals surface area contributed by atoms with Crippen molar-refractivity contribution in [1.82, 2.24) is 0 Å². The number of nitrogens with zero attached hydrogens (tertiary/aromatic N) is 1. The Balaban J connectivity index is 2.41. The fourth-order valence-electron chi connectivity index (χ4n) is 2.56. The summed E-state index contributed by atoms with van der Waals surface area (Å²) >= 11 is 0. The Kier molecular flexibility index (Phi) is 3.79. The Bertz CT molecular complexity index is 691. The molecule has 106 valence electrons. The Morgan fingerprint density at radius 3 is 2.75 bits per heavy atom. The maximum absolute atomic E-state index is 12.0. The minimum atomic E-state index is -3.82. The van der Waals surface area contributed by atoms with E-state index in [1.807, 2.05) is 0 Å². The van der Waals surface area contributed by atoms with Gasteiger partial charge in [-0.05, 0) is 36.6 Å². The number of anilines is 1. The zero-order chi connectivity index (χ0) is 14.9. The third-order valence-electron chi connectivity index (χ3n) is 3.43. The van der Waals surface area contributed by atoms with Crippen molar-refractivity contribution < 1.29 is 13.2 Å². The molecule has 0 saturated carbocycles. The molecule has 1 aromatic rings. The summed E-state index contributed by atoms with van der Waals surface area (Å²) in [4.78, 5) is 12.0. The number of hydrogen-bond acceptors (Lipinski definition) is 4. The highest BCUT2D eigenvalue weighted by molar-refractivity contribution is 7.90. The second-order valence-electron chi connectivity index (χ2n) is 4.92. The van der Waals surface area contributed by atoms with Crippen LogP contribution in [0.3, 0.4) is 0 Å². The maximum Gasteiger partial charge on any atom is 0.296 e. The molecular formula is C13H15N3O3S. The number of ketones is 1. The Morgan fingerprint density at radius 1 is 1.45 bits per heavy atom. The van der Waals surface area contributed by atoms with Crippen LogP contribution < -0.4 is 9.86 Å². The van der Waals surface area contributed by atoms with Crippen LogP contribution in [0.15, 0.2) is 18.2 Å². The summed E-state index contributed by atoms with van der Waals surface area (Å²) < 4.78 is 24.2. The molecular weight excluding hydrogens is 278 g/mol. The van der Waals surface area contributed by atoms with Crippen molar-refractivity contribution in [2.24, 2.45) is 11.1 Å². The van der Waals surface area contributed by atoms with Gasteiger partial charge in [0.1, 0.15) is 5.78 Å². The molecule has 0 radical (unpaired) electrons. The first-order valence-electron chi connectivity index (χ1n) is 6.17. The summed E-state index contributed by atoms with van der Waals surface area (Å²) in [6.07, 6.45) is 0.908. The SMILES string of the molecule is C[C@H](C#N)[C@H]1C(=O)CCc2cc(NS(N)(=O)=O)ccc21. The second kappa shape index (κ2) is 5.23. The first-order chi connectivity index (χ1) is 9.31. The molecule has 0 aromatic heterocycles. The van der Waals surface area contributed by atoms with Crippen LogP contribution in [0, 0.1) is 17.2 Å². The molecule has 0 unspecified atom stereocenters. The average molecular weight is 293 g/mol. The van der Waals surface area contributed by atoms with Gasteiger partial charge in [0, 0.05) is 6.42 Å². The molecule has 1 aliphatic carbocycles. The zero-order valence-corrected chi connectivity index (χ0v) is 11.8. The predicted octanol–water partition coefficient (Wildman–Crippen LogP) is 1.06. The van der Waals surface area contributed by atoms with Gasteiger partial charge in [0.25, 0.3) is 10.2 Å². The molecule has 0 saturated heterocycles. The molecule has 2 atom stereocenters. The van der Waals surface area contributed by atoms with Crippen molar-refractivity contribution in [2.75, 3.05) is 4.72 Å². The normalized spacial score (nSPS) is 19.9. The number of carbonyl (C=O) groups is 1. The summed E-state index contributed by atoms with van der Waals surface area (Å²) in [6, 6.07) is 7.02. The third-order valence-corrected chi connectivity index (χ3v) is 3.95. The second-order valence-corrected chi connectivity index (χ2v) is 6.22. The van der Waals surface area contributed by atoms with E-state index in [-0.39, 0.29) is 5.78 Å². The van der Waals surface area contributed by atoms with E-state index in [0.29, 0.717) is 18.5 Å². The van der Waals surface area contributed by atoms with Gasteiger partial charge in [0.05, 0.1) is 23.6 Å². The summed E-state index contributed by atoms with van der Waals surface area (Å²) in [6.45, 7) is 1.72. The third kappa shape index (κ3) is 2.98. The fraction of sp³-hybridized carbons (Fsp3) is 0.385. The van der Waals surface area contributed by atoms with Gasteiger partial charge in [-0.25, -0.2) is 5.14 Å². The first kappa shape index (κ1) is 14.5. The predicted molar refractivity (Wildman–Crippen MR) is 74.0 cm³/mol. The van der Waals surface area contributed by atoms with Gasteiger partial charge >= 0.3 is 0 Å². The smallest absolute Gasteiger partial charge is 0.296 e. The van der Waals surface area contributed by atoms with Gasteiger partial charge in [-0.1, -0.05) is 6.07 Å². The Hall–Kier alpha value is -1.91. The van der Waals surface area contributed by atoms with Gasteiger partial charge in [-0.15, -0.1) is 0 Å². The minimum Gasteiger partial charge on any atom is -0.299 e. The van der Waals surface area contributed by atoms with Crippen LogP contribution in [-0.2, 0) is 21.4 Å². The highest BCUT2D eigenvalue weighted by atomic mass is 32.2. The summed E-state index contributed by atoms with van der Waals surface area (Å²) in [7, 11) is -3.82. The molecule has 0 spiro atoms. The highest BCUT2D eigenvalue weighted by Crippen LogP contribution is 2.35. The van der Waals surface area contributed by atoms with Gasteiger partial charge in [0.15, 0.2) is 0 Å². The van der Waals surface area contributed by atoms with Crippen LogP contribution >= 0.6 is 0 Å². The molecule has 20 heavy (non-hydrogen) atoms. The zero-order valence-electron chi connectivity index (χ0n) is 11.0. The number of rotatable bonds is 3. The number of aryl methyl sites for hydroxylation is 1. The lowest BCUT2D eigenvalue weighted by Gasteiger charge is -2.26. The average Bonchev–Trinajstić information content (AvgIpc) is 2.36. The van der Waals surface area contributed by atoms with E-state index in [0.717, 1.165) is 11.1 Å². The lowest BCUT2D eigenvalue weighted by molar-refractivity contribution is -0.121. The number of nitrogens with one attached hydrogen (secondary N) is 1. The Morgan fingerprint density at radius 2 is 2.15 bits per heavy atom. The van der Waals surface area contributed by atoms with Crippen LogP contribution in [0.4, 0.5) is 5.69 Å². The topological polar surface area (TPSA) is 113 Å². The van der Waals surface area contributed by atoms with E-state index in [4.69, 9.17) is 10.4 Å². The van der Waals surface area contributed by atoms with Crippen LogP contribution in [-0.4, -0.2) is 14.2 Å². The van der Waals surface area contributed by atoms with Crippen LogP contribution in [0.25, 0.3) is 0 Å². The molecule has 1 aromatic carbocycles. The van der Waals surface area contributed by atoms with Crippen molar-refractivity contribution in [1.29, 1.82) is 5.26 Å².